The summed E-state index contributed by atoms with van der Waals surface area (Å²) >= 11 is 0. The average molecular weight is 383 g/mol. The molecule has 0 N–H and O–H groups in total. The smallest absolute Gasteiger partial charge is 0.272 e. The Morgan fingerprint density at radius 2 is 1.86 bits per heavy atom. The molecule has 6 heteroatoms. The number of benzene rings is 1. The third-order valence-electron chi connectivity index (χ3n) is 6.46. The maximum absolute atomic E-state index is 13.2. The number of ether oxygens (including phenoxy) is 2. The topological polar surface area (TPSA) is 54.9 Å². The highest BCUT2D eigenvalue weighted by molar-refractivity contribution is 5.97. The summed E-state index contributed by atoms with van der Waals surface area (Å²) in [5.74, 6) is 1.70. The first kappa shape index (κ1) is 19.2. The lowest BCUT2D eigenvalue weighted by Gasteiger charge is -2.40. The first-order valence-corrected chi connectivity index (χ1v) is 9.94. The van der Waals surface area contributed by atoms with Gasteiger partial charge in [-0.25, -0.2) is 4.98 Å². The van der Waals surface area contributed by atoms with Crippen molar-refractivity contribution in [3.8, 4) is 5.75 Å². The predicted molar refractivity (Wildman–Crippen MR) is 109 cm³/mol. The van der Waals surface area contributed by atoms with Crippen LogP contribution in [0, 0.1) is 11.8 Å². The molecule has 4 rings (SSSR count). The molecule has 0 radical (unpaired) electrons. The Morgan fingerprint density at radius 1 is 1.14 bits per heavy atom. The summed E-state index contributed by atoms with van der Waals surface area (Å²) in [7, 11) is 7.65. The summed E-state index contributed by atoms with van der Waals surface area (Å²) < 4.78 is 11.3. The number of likely N-dealkylation sites (tertiary alicyclic amines) is 1. The van der Waals surface area contributed by atoms with Crippen LogP contribution in [0.2, 0.25) is 0 Å². The van der Waals surface area contributed by atoms with Gasteiger partial charge in [-0.2, -0.15) is 0 Å². The van der Waals surface area contributed by atoms with Crippen molar-refractivity contribution in [1.29, 1.82) is 0 Å². The fraction of sp³-hybridized carbons (Fsp3) is 0.545. The van der Waals surface area contributed by atoms with Gasteiger partial charge in [0.1, 0.15) is 11.4 Å². The first-order chi connectivity index (χ1) is 13.5. The number of hydrogen-bond donors (Lipinski definition) is 0. The highest BCUT2D eigenvalue weighted by Gasteiger charge is 2.44. The van der Waals surface area contributed by atoms with E-state index in [4.69, 9.17) is 9.47 Å². The predicted octanol–water partition coefficient (Wildman–Crippen LogP) is 2.67. The number of carbonyl (C=O) groups excluding carboxylic acids is 1. The van der Waals surface area contributed by atoms with Crippen LogP contribution in [0.4, 0.5) is 0 Å². The summed E-state index contributed by atoms with van der Waals surface area (Å²) in [6.07, 6.45) is 2.29. The minimum atomic E-state index is -0.00572. The molecule has 1 aromatic heterocycles. The van der Waals surface area contributed by atoms with Gasteiger partial charge in [-0.1, -0.05) is 12.1 Å². The highest BCUT2D eigenvalue weighted by atomic mass is 16.5. The highest BCUT2D eigenvalue weighted by Crippen LogP contribution is 2.39. The number of methoxy groups -OCH3 is 2. The van der Waals surface area contributed by atoms with Crippen molar-refractivity contribution in [1.82, 2.24) is 14.8 Å². The van der Waals surface area contributed by atoms with Crippen LogP contribution in [0.5, 0.6) is 5.75 Å². The van der Waals surface area contributed by atoms with E-state index in [-0.39, 0.29) is 12.0 Å². The lowest BCUT2D eigenvalue weighted by molar-refractivity contribution is -0.0209. The lowest BCUT2D eigenvalue weighted by atomic mass is 9.77. The molecule has 0 unspecified atom stereocenters. The van der Waals surface area contributed by atoms with Gasteiger partial charge in [-0.05, 0) is 50.9 Å². The zero-order valence-electron chi connectivity index (χ0n) is 17.1. The van der Waals surface area contributed by atoms with E-state index in [0.29, 0.717) is 29.3 Å². The third-order valence-corrected chi connectivity index (χ3v) is 6.46. The van der Waals surface area contributed by atoms with Crippen LogP contribution in [0.3, 0.4) is 0 Å². The number of hydrogen-bond acceptors (Lipinski definition) is 5. The van der Waals surface area contributed by atoms with Crippen LogP contribution in [0.25, 0.3) is 10.9 Å². The molecule has 1 amide bonds. The van der Waals surface area contributed by atoms with Gasteiger partial charge in [0.15, 0.2) is 0 Å². The second-order valence-electron chi connectivity index (χ2n) is 8.23. The molecule has 2 aromatic rings. The van der Waals surface area contributed by atoms with Crippen LogP contribution in [0.1, 0.15) is 23.3 Å². The fourth-order valence-electron chi connectivity index (χ4n) is 4.94. The first-order valence-electron chi connectivity index (χ1n) is 9.94. The molecule has 0 bridgehead atoms. The van der Waals surface area contributed by atoms with Crippen LogP contribution in [0.15, 0.2) is 30.3 Å². The Balaban J connectivity index is 1.56. The largest absolute Gasteiger partial charge is 0.496 e. The van der Waals surface area contributed by atoms with Crippen molar-refractivity contribution in [2.75, 3.05) is 41.4 Å². The van der Waals surface area contributed by atoms with Crippen molar-refractivity contribution in [2.24, 2.45) is 11.8 Å². The van der Waals surface area contributed by atoms with E-state index in [0.717, 1.165) is 36.8 Å². The summed E-state index contributed by atoms with van der Waals surface area (Å²) in [5, 5.41) is 0.924. The van der Waals surface area contributed by atoms with Gasteiger partial charge in [0.2, 0.25) is 0 Å². The molecular weight excluding hydrogens is 354 g/mol. The number of likely N-dealkylation sites (N-methyl/N-ethyl adjacent to an activating group) is 1. The van der Waals surface area contributed by atoms with Gasteiger partial charge in [0, 0.05) is 37.7 Å². The summed E-state index contributed by atoms with van der Waals surface area (Å²) in [5.41, 5.74) is 1.25. The molecule has 1 saturated carbocycles. The van der Waals surface area contributed by atoms with E-state index in [1.807, 2.05) is 29.2 Å². The van der Waals surface area contributed by atoms with Gasteiger partial charge in [-0.3, -0.25) is 4.79 Å². The van der Waals surface area contributed by atoms with E-state index >= 15 is 0 Å². The van der Waals surface area contributed by atoms with Crippen molar-refractivity contribution < 1.29 is 14.3 Å². The second-order valence-corrected chi connectivity index (χ2v) is 8.23. The summed E-state index contributed by atoms with van der Waals surface area (Å²) in [6, 6.07) is 9.94. The van der Waals surface area contributed by atoms with E-state index < -0.39 is 0 Å². The van der Waals surface area contributed by atoms with Crippen molar-refractivity contribution >= 4 is 16.8 Å². The number of para-hydroxylation sites is 1. The van der Waals surface area contributed by atoms with Crippen LogP contribution in [-0.2, 0) is 4.74 Å². The Hall–Kier alpha value is -2.18. The number of fused-ring (bicyclic) bond motifs is 2. The van der Waals surface area contributed by atoms with Crippen LogP contribution < -0.4 is 4.74 Å². The van der Waals surface area contributed by atoms with E-state index in [1.54, 1.807) is 20.3 Å². The number of pyridine rings is 1. The molecule has 2 heterocycles. The van der Waals surface area contributed by atoms with Gasteiger partial charge in [0.25, 0.3) is 5.91 Å². The maximum atomic E-state index is 13.2. The quantitative estimate of drug-likeness (QED) is 0.813. The maximum Gasteiger partial charge on any atom is 0.272 e. The molecule has 1 aliphatic heterocycles. The molecule has 150 valence electrons. The van der Waals surface area contributed by atoms with Crippen molar-refractivity contribution in [2.45, 2.75) is 25.0 Å². The summed E-state index contributed by atoms with van der Waals surface area (Å²) in [6.45, 7) is 1.57. The molecule has 28 heavy (non-hydrogen) atoms. The van der Waals surface area contributed by atoms with Gasteiger partial charge in [0.05, 0.1) is 18.7 Å². The monoisotopic (exact) mass is 383 g/mol. The van der Waals surface area contributed by atoms with Crippen molar-refractivity contribution in [3.63, 3.8) is 0 Å². The third kappa shape index (κ3) is 3.35. The Labute approximate surface area is 166 Å². The molecule has 0 spiro atoms. The van der Waals surface area contributed by atoms with Gasteiger partial charge >= 0.3 is 0 Å². The molecule has 6 nitrogen and oxygen atoms in total. The number of carbonyl (C=O) groups is 1. The van der Waals surface area contributed by atoms with Crippen LogP contribution in [-0.4, -0.2) is 74.2 Å². The normalized spacial score (nSPS) is 27.2. The van der Waals surface area contributed by atoms with E-state index in [9.17, 15) is 4.79 Å². The Kier molecular flexibility index (Phi) is 5.25. The van der Waals surface area contributed by atoms with Crippen LogP contribution >= 0.6 is 0 Å². The SMILES string of the molecule is COc1cc(C(=O)N2C[C@H]3C[C@@H](N(C)C)[C@H](OC)C[C@H]3C2)nc2ccccc12. The zero-order valence-corrected chi connectivity index (χ0v) is 17.1. The molecule has 4 atom stereocenters. The molecule has 2 aliphatic rings. The van der Waals surface area contributed by atoms with Gasteiger partial charge < -0.3 is 19.3 Å². The molecule has 1 saturated heterocycles. The minimum Gasteiger partial charge on any atom is -0.496 e. The molecule has 1 aliphatic carbocycles. The van der Waals surface area contributed by atoms with E-state index in [2.05, 4.69) is 24.0 Å². The Bertz CT molecular complexity index is 869. The fourth-order valence-corrected chi connectivity index (χ4v) is 4.94. The molecule has 1 aromatic carbocycles. The molecular formula is C22H29N3O3. The number of aromatic nitrogens is 1. The minimum absolute atomic E-state index is 0.00572. The van der Waals surface area contributed by atoms with E-state index in [1.165, 1.54) is 0 Å². The number of rotatable bonds is 4. The van der Waals surface area contributed by atoms with Crippen molar-refractivity contribution in [3.05, 3.63) is 36.0 Å². The number of nitrogens with zero attached hydrogens (tertiary/aromatic N) is 3. The average Bonchev–Trinajstić information content (AvgIpc) is 3.14. The second kappa shape index (κ2) is 7.68. The summed E-state index contributed by atoms with van der Waals surface area (Å²) in [4.78, 5) is 22.1. The zero-order chi connectivity index (χ0) is 19.8. The Morgan fingerprint density at radius 3 is 2.54 bits per heavy atom. The van der Waals surface area contributed by atoms with Gasteiger partial charge in [-0.15, -0.1) is 0 Å². The molecule has 2 fully saturated rings. The standard InChI is InChI=1S/C22H29N3O3/c1-24(2)19-9-14-12-25(13-15(14)10-21(19)28-4)22(26)18-11-20(27-3)16-7-5-6-8-17(16)23-18/h5-8,11,14-15,19,21H,9-10,12-13H2,1-4H3/t14-,15+,19-,21-/m1/s1. The lowest BCUT2D eigenvalue weighted by Crippen LogP contribution is -2.47. The number of amides is 1.